The van der Waals surface area contributed by atoms with Crippen LogP contribution in [0.25, 0.3) is 0 Å². The molecule has 0 unspecified atom stereocenters. The largest absolute Gasteiger partial charge is 0.0654 e. The van der Waals surface area contributed by atoms with Gasteiger partial charge in [-0.05, 0) is 44.9 Å². The van der Waals surface area contributed by atoms with E-state index in [0.29, 0.717) is 0 Å². The molecule has 0 aliphatic carbocycles. The second-order valence-electron chi connectivity index (χ2n) is 19.8. The Morgan fingerprint density at radius 2 is 0.246 bits per heavy atom. The summed E-state index contributed by atoms with van der Waals surface area (Å²) in [7, 11) is -0.785. The maximum Gasteiger partial charge on any atom is 0.0594 e. The van der Waals surface area contributed by atoms with E-state index in [1.54, 1.807) is 50.3 Å². The molecule has 0 rings (SSSR count). The first-order valence-corrected chi connectivity index (χ1v) is 30.6. The molecule has 0 aliphatic rings. The van der Waals surface area contributed by atoms with E-state index in [0.717, 1.165) is 0 Å². The highest BCUT2D eigenvalue weighted by Gasteiger charge is 2.35. The van der Waals surface area contributed by atoms with Gasteiger partial charge >= 0.3 is 0 Å². The Morgan fingerprint density at radius 3 is 0.404 bits per heavy atom. The maximum atomic E-state index is 2.43. The standard InChI is InChI=1S/C56H116P/c1-5-9-13-16-19-22-25-28-31-34-37-40-43-46-50-54-57(53-49-12-8-4,55-51-47-44-41-38-35-32-29-26-23-20-17-14-10-6-2)56-52-48-45-42-39-36-33-30-27-24-21-18-15-11-7-3/h5-56H2,1-4H3/q+1. The zero-order valence-corrected chi connectivity index (χ0v) is 42.1. The average molecular weight is 821 g/mol. The Morgan fingerprint density at radius 1 is 0.140 bits per heavy atom. The summed E-state index contributed by atoms with van der Waals surface area (Å²) in [6.45, 7) is 9.41. The molecule has 1 heteroatoms. The molecule has 0 aromatic rings. The lowest BCUT2D eigenvalue weighted by molar-refractivity contribution is 0.533. The summed E-state index contributed by atoms with van der Waals surface area (Å²) in [4.78, 5) is 0. The van der Waals surface area contributed by atoms with Crippen molar-refractivity contribution in [2.24, 2.45) is 0 Å². The summed E-state index contributed by atoms with van der Waals surface area (Å²) in [5.41, 5.74) is 0. The number of unbranched alkanes of at least 4 members (excludes halogenated alkanes) is 44. The Bertz CT molecular complexity index is 601. The van der Waals surface area contributed by atoms with Crippen molar-refractivity contribution >= 4 is 7.26 Å². The fourth-order valence-electron chi connectivity index (χ4n) is 9.82. The highest BCUT2D eigenvalue weighted by Crippen LogP contribution is 2.61. The molecule has 0 aromatic heterocycles. The van der Waals surface area contributed by atoms with Gasteiger partial charge in [-0.25, -0.2) is 0 Å². The molecular weight excluding hydrogens is 704 g/mol. The third-order valence-corrected chi connectivity index (χ3v) is 19.0. The van der Waals surface area contributed by atoms with Crippen LogP contribution in [-0.4, -0.2) is 24.6 Å². The van der Waals surface area contributed by atoms with E-state index in [1.165, 1.54) is 283 Å². The van der Waals surface area contributed by atoms with Crippen LogP contribution in [-0.2, 0) is 0 Å². The third kappa shape index (κ3) is 45.8. The van der Waals surface area contributed by atoms with Crippen LogP contribution in [0.5, 0.6) is 0 Å². The lowest BCUT2D eigenvalue weighted by atomic mass is 10.0. The summed E-state index contributed by atoms with van der Waals surface area (Å²) < 4.78 is 0. The molecule has 0 atom stereocenters. The molecule has 0 spiro atoms. The van der Waals surface area contributed by atoms with Crippen molar-refractivity contribution in [1.82, 2.24) is 0 Å². The van der Waals surface area contributed by atoms with Gasteiger partial charge in [0.2, 0.25) is 0 Å². The smallest absolute Gasteiger partial charge is 0.0594 e. The predicted molar refractivity (Wildman–Crippen MR) is 271 cm³/mol. The van der Waals surface area contributed by atoms with Gasteiger partial charge in [-0.2, -0.15) is 0 Å². The van der Waals surface area contributed by atoms with E-state index in [9.17, 15) is 0 Å². The van der Waals surface area contributed by atoms with Gasteiger partial charge in [0.15, 0.2) is 0 Å². The van der Waals surface area contributed by atoms with Gasteiger partial charge in [0.05, 0.1) is 24.6 Å². The average Bonchev–Trinajstić information content (AvgIpc) is 3.22. The van der Waals surface area contributed by atoms with Crippen LogP contribution in [0.3, 0.4) is 0 Å². The molecule has 344 valence electrons. The summed E-state index contributed by atoms with van der Waals surface area (Å²) in [6, 6.07) is 0. The second-order valence-corrected chi connectivity index (χ2v) is 24.3. The fraction of sp³-hybridized carbons (Fsp3) is 1.00. The zero-order chi connectivity index (χ0) is 41.3. The lowest BCUT2D eigenvalue weighted by Gasteiger charge is -2.28. The molecular formula is C56H116P+. The topological polar surface area (TPSA) is 0 Å². The van der Waals surface area contributed by atoms with Crippen LogP contribution in [0, 0.1) is 0 Å². The van der Waals surface area contributed by atoms with Crippen LogP contribution in [0.15, 0.2) is 0 Å². The van der Waals surface area contributed by atoms with Crippen LogP contribution < -0.4 is 0 Å². The zero-order valence-electron chi connectivity index (χ0n) is 41.2. The summed E-state index contributed by atoms with van der Waals surface area (Å²) in [5, 5.41) is 0. The minimum absolute atomic E-state index is 0.785. The van der Waals surface area contributed by atoms with E-state index >= 15 is 0 Å². The number of hydrogen-bond acceptors (Lipinski definition) is 0. The summed E-state index contributed by atoms with van der Waals surface area (Å²) in [6.07, 6.45) is 78.2. The minimum atomic E-state index is -0.785. The van der Waals surface area contributed by atoms with Gasteiger partial charge < -0.3 is 0 Å². The highest BCUT2D eigenvalue weighted by molar-refractivity contribution is 7.75. The molecule has 0 aromatic carbocycles. The van der Waals surface area contributed by atoms with Crippen molar-refractivity contribution in [1.29, 1.82) is 0 Å². The normalized spacial score (nSPS) is 12.0. The van der Waals surface area contributed by atoms with E-state index in [1.807, 2.05) is 0 Å². The van der Waals surface area contributed by atoms with E-state index in [-0.39, 0.29) is 0 Å². The Balaban J connectivity index is 4.50. The highest BCUT2D eigenvalue weighted by atomic mass is 31.2. The molecule has 0 saturated carbocycles. The third-order valence-electron chi connectivity index (χ3n) is 13.9. The first kappa shape index (κ1) is 57.4. The molecule has 0 saturated heterocycles. The first-order chi connectivity index (χ1) is 28.2. The molecule has 0 N–H and O–H groups in total. The van der Waals surface area contributed by atoms with Crippen molar-refractivity contribution in [2.45, 2.75) is 336 Å². The first-order valence-electron chi connectivity index (χ1n) is 28.1. The molecule has 0 amide bonds. The fourth-order valence-corrected chi connectivity index (χ4v) is 14.7. The van der Waals surface area contributed by atoms with Gasteiger partial charge in [0.1, 0.15) is 0 Å². The molecule has 0 radical (unpaired) electrons. The lowest BCUT2D eigenvalue weighted by Crippen LogP contribution is -2.13. The quantitative estimate of drug-likeness (QED) is 0.0424. The Labute approximate surface area is 366 Å². The van der Waals surface area contributed by atoms with Crippen molar-refractivity contribution in [2.75, 3.05) is 24.6 Å². The second kappa shape index (κ2) is 50.8. The van der Waals surface area contributed by atoms with Crippen LogP contribution in [0.2, 0.25) is 0 Å². The summed E-state index contributed by atoms with van der Waals surface area (Å²) >= 11 is 0. The van der Waals surface area contributed by atoms with Gasteiger partial charge in [-0.3, -0.25) is 0 Å². The van der Waals surface area contributed by atoms with Gasteiger partial charge in [0.25, 0.3) is 0 Å². The number of rotatable bonds is 52. The van der Waals surface area contributed by atoms with Crippen LogP contribution in [0.1, 0.15) is 336 Å². The van der Waals surface area contributed by atoms with Crippen molar-refractivity contribution in [3.8, 4) is 0 Å². The van der Waals surface area contributed by atoms with Crippen molar-refractivity contribution in [3.63, 3.8) is 0 Å². The van der Waals surface area contributed by atoms with E-state index in [2.05, 4.69) is 27.7 Å². The monoisotopic (exact) mass is 820 g/mol. The van der Waals surface area contributed by atoms with Crippen LogP contribution in [0.4, 0.5) is 0 Å². The van der Waals surface area contributed by atoms with E-state index < -0.39 is 7.26 Å². The maximum absolute atomic E-state index is 2.43. The van der Waals surface area contributed by atoms with Crippen molar-refractivity contribution < 1.29 is 0 Å². The molecule has 57 heavy (non-hydrogen) atoms. The van der Waals surface area contributed by atoms with E-state index in [4.69, 9.17) is 0 Å². The molecule has 0 bridgehead atoms. The van der Waals surface area contributed by atoms with Gasteiger partial charge in [-0.15, -0.1) is 0 Å². The number of hydrogen-bond donors (Lipinski definition) is 0. The molecule has 0 heterocycles. The molecule has 0 fully saturated rings. The minimum Gasteiger partial charge on any atom is -0.0654 e. The Hall–Kier alpha value is 0.430. The van der Waals surface area contributed by atoms with Gasteiger partial charge in [-0.1, -0.05) is 291 Å². The molecule has 0 aliphatic heterocycles. The Kier molecular flexibility index (Phi) is 51.2. The predicted octanol–water partition coefficient (Wildman–Crippen LogP) is 21.8. The van der Waals surface area contributed by atoms with Crippen LogP contribution >= 0.6 is 7.26 Å². The van der Waals surface area contributed by atoms with Crippen molar-refractivity contribution in [3.05, 3.63) is 0 Å². The SMILES string of the molecule is CCCCCCCCCCCCCCCCC[P+](CCCCC)(CCCCCCCCCCCCCCCCC)CCCCCCCCCCCCCCCCC. The summed E-state index contributed by atoms with van der Waals surface area (Å²) in [5.74, 6) is 0. The molecule has 0 nitrogen and oxygen atoms in total. The van der Waals surface area contributed by atoms with Gasteiger partial charge in [0, 0.05) is 7.26 Å².